The van der Waals surface area contributed by atoms with E-state index in [1.807, 2.05) is 78.9 Å². The molecule has 0 saturated carbocycles. The van der Waals surface area contributed by atoms with Crippen molar-refractivity contribution in [1.29, 1.82) is 0 Å². The maximum atomic E-state index is 13.5. The Hall–Kier alpha value is -3.41. The van der Waals surface area contributed by atoms with Crippen molar-refractivity contribution in [2.75, 3.05) is 36.5 Å². The minimum absolute atomic E-state index is 0.167. The Morgan fingerprint density at radius 3 is 2.47 bits per heavy atom. The number of halogens is 1. The van der Waals surface area contributed by atoms with E-state index in [-0.39, 0.29) is 5.91 Å². The number of rotatable bonds is 4. The summed E-state index contributed by atoms with van der Waals surface area (Å²) in [4.78, 5) is 20.5. The fraction of sp³-hybridized carbons (Fsp3) is 0.154. The van der Waals surface area contributed by atoms with Crippen molar-refractivity contribution in [1.82, 2.24) is 4.98 Å². The van der Waals surface area contributed by atoms with Gasteiger partial charge in [-0.1, -0.05) is 54.1 Å². The minimum atomic E-state index is -0.167. The fourth-order valence-corrected chi connectivity index (χ4v) is 4.11. The molecule has 1 saturated heterocycles. The third-order valence-corrected chi connectivity index (χ3v) is 5.86. The quantitative estimate of drug-likeness (QED) is 0.443. The van der Waals surface area contributed by atoms with Crippen LogP contribution < -0.4 is 10.2 Å². The van der Waals surface area contributed by atoms with Crippen molar-refractivity contribution in [2.24, 2.45) is 0 Å². The Labute approximate surface area is 191 Å². The average Bonchev–Trinajstić information content (AvgIpc) is 2.84. The lowest BCUT2D eigenvalue weighted by Gasteiger charge is -2.30. The molecule has 0 aliphatic carbocycles. The summed E-state index contributed by atoms with van der Waals surface area (Å²) < 4.78 is 5.48. The Kier molecular flexibility index (Phi) is 5.75. The zero-order valence-corrected chi connectivity index (χ0v) is 18.2. The average molecular weight is 444 g/mol. The van der Waals surface area contributed by atoms with Crippen molar-refractivity contribution < 1.29 is 9.53 Å². The number of nitrogens with zero attached hydrogens (tertiary/aromatic N) is 2. The lowest BCUT2D eigenvalue weighted by atomic mass is 10.0. The van der Waals surface area contributed by atoms with Crippen molar-refractivity contribution in [2.45, 2.75) is 0 Å². The van der Waals surface area contributed by atoms with Crippen molar-refractivity contribution in [3.63, 3.8) is 0 Å². The third-order valence-electron chi connectivity index (χ3n) is 5.60. The molecule has 3 aromatic carbocycles. The number of aromatic nitrogens is 1. The summed E-state index contributed by atoms with van der Waals surface area (Å²) >= 11 is 6.05. The molecule has 0 bridgehead atoms. The number of para-hydroxylation sites is 3. The number of hydrogen-bond donors (Lipinski definition) is 1. The zero-order chi connectivity index (χ0) is 21.9. The number of carbonyl (C=O) groups excluding carboxylic acids is 1. The van der Waals surface area contributed by atoms with E-state index in [0.29, 0.717) is 23.8 Å². The maximum absolute atomic E-state index is 13.5. The molecule has 5 nitrogen and oxygen atoms in total. The number of morpholine rings is 1. The van der Waals surface area contributed by atoms with Gasteiger partial charge in [0.15, 0.2) is 0 Å². The van der Waals surface area contributed by atoms with E-state index in [4.69, 9.17) is 21.3 Å². The molecule has 0 radical (unpaired) electrons. The fourth-order valence-electron chi connectivity index (χ4n) is 3.98. The number of carbonyl (C=O) groups is 1. The number of fused-ring (bicyclic) bond motifs is 1. The molecule has 1 N–H and O–H groups in total. The van der Waals surface area contributed by atoms with E-state index in [0.717, 1.165) is 46.6 Å². The highest BCUT2D eigenvalue weighted by Gasteiger charge is 2.18. The first-order chi connectivity index (χ1) is 15.7. The Bertz CT molecular complexity index is 1270. The molecule has 1 fully saturated rings. The monoisotopic (exact) mass is 443 g/mol. The molecule has 0 spiro atoms. The highest BCUT2D eigenvalue weighted by molar-refractivity contribution is 6.30. The Morgan fingerprint density at radius 1 is 0.938 bits per heavy atom. The molecule has 1 aromatic heterocycles. The molecule has 0 unspecified atom stereocenters. The van der Waals surface area contributed by atoms with Crippen LogP contribution in [0.2, 0.25) is 5.02 Å². The van der Waals surface area contributed by atoms with Crippen LogP contribution in [-0.4, -0.2) is 37.2 Å². The number of pyridine rings is 1. The lowest BCUT2D eigenvalue weighted by Crippen LogP contribution is -2.36. The second-order valence-corrected chi connectivity index (χ2v) is 8.09. The standard InChI is InChI=1S/C26H22ClN3O2/c27-19-11-9-18(10-12-19)24-17-21(20-5-1-2-6-22(20)28-24)26(31)29-23-7-3-4-8-25(23)30-13-15-32-16-14-30/h1-12,17H,13-16H2,(H,29,31). The molecule has 4 aromatic rings. The topological polar surface area (TPSA) is 54.5 Å². The van der Waals surface area contributed by atoms with Gasteiger partial charge < -0.3 is 15.0 Å². The molecule has 2 heterocycles. The molecular formula is C26H22ClN3O2. The molecule has 32 heavy (non-hydrogen) atoms. The maximum Gasteiger partial charge on any atom is 0.256 e. The van der Waals surface area contributed by atoms with Gasteiger partial charge in [0.2, 0.25) is 0 Å². The van der Waals surface area contributed by atoms with Gasteiger partial charge in [-0.2, -0.15) is 0 Å². The summed E-state index contributed by atoms with van der Waals surface area (Å²) in [7, 11) is 0. The summed E-state index contributed by atoms with van der Waals surface area (Å²) in [6.07, 6.45) is 0. The first kappa shape index (κ1) is 20.5. The van der Waals surface area contributed by atoms with Crippen LogP contribution in [0.5, 0.6) is 0 Å². The van der Waals surface area contributed by atoms with Crippen LogP contribution in [0.25, 0.3) is 22.2 Å². The van der Waals surface area contributed by atoms with Crippen LogP contribution >= 0.6 is 11.6 Å². The molecule has 5 rings (SSSR count). The van der Waals surface area contributed by atoms with Crippen molar-refractivity contribution >= 4 is 39.8 Å². The summed E-state index contributed by atoms with van der Waals surface area (Å²) in [6.45, 7) is 2.96. The van der Waals surface area contributed by atoms with Gasteiger partial charge in [0, 0.05) is 29.1 Å². The number of hydrogen-bond acceptors (Lipinski definition) is 4. The van der Waals surface area contributed by atoms with Gasteiger partial charge in [-0.05, 0) is 36.4 Å². The summed E-state index contributed by atoms with van der Waals surface area (Å²) in [5.41, 5.74) is 4.77. The van der Waals surface area contributed by atoms with Crippen molar-refractivity contribution in [3.05, 3.63) is 89.4 Å². The summed E-state index contributed by atoms with van der Waals surface area (Å²) in [6, 6.07) is 24.9. The van der Waals surface area contributed by atoms with Gasteiger partial charge in [0.25, 0.3) is 5.91 Å². The largest absolute Gasteiger partial charge is 0.378 e. The normalized spacial score (nSPS) is 13.8. The SMILES string of the molecule is O=C(Nc1ccccc1N1CCOCC1)c1cc(-c2ccc(Cl)cc2)nc2ccccc12. The van der Waals surface area contributed by atoms with E-state index in [1.54, 1.807) is 0 Å². The van der Waals surface area contributed by atoms with Crippen LogP contribution in [0.15, 0.2) is 78.9 Å². The molecule has 6 heteroatoms. The number of nitrogens with one attached hydrogen (secondary N) is 1. The molecule has 1 aliphatic rings. The molecule has 1 aliphatic heterocycles. The molecule has 0 atom stereocenters. The van der Waals surface area contributed by atoms with Gasteiger partial charge in [-0.15, -0.1) is 0 Å². The second kappa shape index (κ2) is 8.99. The summed E-state index contributed by atoms with van der Waals surface area (Å²) in [5.74, 6) is -0.167. The summed E-state index contributed by atoms with van der Waals surface area (Å²) in [5, 5.41) is 4.60. The van der Waals surface area contributed by atoms with Gasteiger partial charge >= 0.3 is 0 Å². The van der Waals surface area contributed by atoms with Gasteiger partial charge in [0.1, 0.15) is 0 Å². The lowest BCUT2D eigenvalue weighted by molar-refractivity contribution is 0.102. The van der Waals surface area contributed by atoms with Crippen LogP contribution in [0.1, 0.15) is 10.4 Å². The predicted octanol–water partition coefficient (Wildman–Crippen LogP) is 5.64. The highest BCUT2D eigenvalue weighted by atomic mass is 35.5. The van der Waals surface area contributed by atoms with Gasteiger partial charge in [-0.3, -0.25) is 4.79 Å². The third kappa shape index (κ3) is 4.17. The van der Waals surface area contributed by atoms with E-state index >= 15 is 0 Å². The van der Waals surface area contributed by atoms with E-state index < -0.39 is 0 Å². The van der Waals surface area contributed by atoms with Crippen LogP contribution in [-0.2, 0) is 4.74 Å². The Balaban J connectivity index is 1.53. The van der Waals surface area contributed by atoms with Crippen LogP contribution in [0.3, 0.4) is 0 Å². The molecule has 1 amide bonds. The first-order valence-electron chi connectivity index (χ1n) is 10.6. The molecular weight excluding hydrogens is 422 g/mol. The zero-order valence-electron chi connectivity index (χ0n) is 17.4. The predicted molar refractivity (Wildman–Crippen MR) is 130 cm³/mol. The van der Waals surface area contributed by atoms with E-state index in [1.165, 1.54) is 0 Å². The number of ether oxygens (including phenoxy) is 1. The first-order valence-corrected chi connectivity index (χ1v) is 11.0. The van der Waals surface area contributed by atoms with Crippen molar-refractivity contribution in [3.8, 4) is 11.3 Å². The number of benzene rings is 3. The highest BCUT2D eigenvalue weighted by Crippen LogP contribution is 2.29. The van der Waals surface area contributed by atoms with E-state index in [9.17, 15) is 4.79 Å². The molecule has 160 valence electrons. The van der Waals surface area contributed by atoms with Gasteiger partial charge in [0.05, 0.1) is 41.4 Å². The van der Waals surface area contributed by atoms with Crippen LogP contribution in [0.4, 0.5) is 11.4 Å². The smallest absolute Gasteiger partial charge is 0.256 e. The minimum Gasteiger partial charge on any atom is -0.378 e. The number of anilines is 2. The number of amides is 1. The van der Waals surface area contributed by atoms with Crippen LogP contribution in [0, 0.1) is 0 Å². The second-order valence-electron chi connectivity index (χ2n) is 7.65. The van der Waals surface area contributed by atoms with Gasteiger partial charge in [-0.25, -0.2) is 4.98 Å². The Morgan fingerprint density at radius 2 is 1.66 bits per heavy atom. The van der Waals surface area contributed by atoms with E-state index in [2.05, 4.69) is 10.2 Å².